The van der Waals surface area contributed by atoms with E-state index in [1.54, 1.807) is 6.07 Å². The molecule has 0 N–H and O–H groups in total. The third-order valence-corrected chi connectivity index (χ3v) is 7.32. The first-order valence-electron chi connectivity index (χ1n) is 10.2. The zero-order valence-corrected chi connectivity index (χ0v) is 18.8. The van der Waals surface area contributed by atoms with E-state index in [2.05, 4.69) is 36.4 Å². The van der Waals surface area contributed by atoms with Crippen molar-refractivity contribution in [2.24, 2.45) is 5.92 Å². The molecular formula is C26H21ClO3S. The molecule has 3 nitrogen and oxygen atoms in total. The van der Waals surface area contributed by atoms with E-state index >= 15 is 0 Å². The van der Waals surface area contributed by atoms with Gasteiger partial charge in [0.1, 0.15) is 4.90 Å². The van der Waals surface area contributed by atoms with Crippen LogP contribution >= 0.6 is 11.6 Å². The number of benzene rings is 5. The second kappa shape index (κ2) is 7.49. The van der Waals surface area contributed by atoms with E-state index < -0.39 is 10.1 Å². The molecule has 0 aliphatic heterocycles. The average Bonchev–Trinajstić information content (AvgIpc) is 2.73. The van der Waals surface area contributed by atoms with Crippen molar-refractivity contribution in [1.82, 2.24) is 0 Å². The average molecular weight is 449 g/mol. The van der Waals surface area contributed by atoms with Gasteiger partial charge < -0.3 is 0 Å². The molecule has 156 valence electrons. The third-order valence-electron chi connectivity index (χ3n) is 5.51. The van der Waals surface area contributed by atoms with Crippen LogP contribution in [0.5, 0.6) is 0 Å². The van der Waals surface area contributed by atoms with Gasteiger partial charge >= 0.3 is 0 Å². The normalized spacial score (nSPS) is 12.5. The van der Waals surface area contributed by atoms with Crippen molar-refractivity contribution < 1.29 is 12.6 Å². The Morgan fingerprint density at radius 3 is 1.84 bits per heavy atom. The molecule has 0 atom stereocenters. The Hall–Kier alpha value is -2.66. The lowest BCUT2D eigenvalue weighted by Crippen LogP contribution is -2.12. The van der Waals surface area contributed by atoms with Gasteiger partial charge in [-0.3, -0.25) is 4.18 Å². The fraction of sp³-hybridized carbons (Fsp3) is 0.154. The minimum absolute atomic E-state index is 0.0350. The standard InChI is InChI=1S/C26H21ClO3S/c1-16(2)15-30-31(28,29)26-24-14-23-13-21-10-18-6-4-3-5-17(18)9-20(21)12-22(23)11-19(24)7-8-25(26)27/h3-14,16H,15H2,1-2H3. The summed E-state index contributed by atoms with van der Waals surface area (Å²) in [6, 6.07) is 24.2. The van der Waals surface area contributed by atoms with Gasteiger partial charge in [-0.1, -0.05) is 55.8 Å². The number of fused-ring (bicyclic) bond motifs is 4. The molecule has 0 heterocycles. The molecule has 0 saturated carbocycles. The van der Waals surface area contributed by atoms with Gasteiger partial charge in [0.25, 0.3) is 10.1 Å². The maximum atomic E-state index is 13.0. The quantitative estimate of drug-likeness (QED) is 0.214. The monoisotopic (exact) mass is 448 g/mol. The molecule has 0 aliphatic rings. The molecule has 0 saturated heterocycles. The first-order chi connectivity index (χ1) is 14.8. The van der Waals surface area contributed by atoms with Crippen LogP contribution in [0.1, 0.15) is 13.8 Å². The van der Waals surface area contributed by atoms with Crippen LogP contribution < -0.4 is 0 Å². The van der Waals surface area contributed by atoms with Crippen molar-refractivity contribution in [2.75, 3.05) is 6.61 Å². The van der Waals surface area contributed by atoms with E-state index in [4.69, 9.17) is 15.8 Å². The molecule has 5 aromatic carbocycles. The molecule has 31 heavy (non-hydrogen) atoms. The van der Waals surface area contributed by atoms with Gasteiger partial charge in [-0.2, -0.15) is 8.42 Å². The molecule has 0 spiro atoms. The second-order valence-electron chi connectivity index (χ2n) is 8.33. The summed E-state index contributed by atoms with van der Waals surface area (Å²) in [6.07, 6.45) is 0. The highest BCUT2D eigenvalue weighted by molar-refractivity contribution is 7.87. The van der Waals surface area contributed by atoms with Crippen molar-refractivity contribution in [1.29, 1.82) is 0 Å². The molecule has 0 unspecified atom stereocenters. The molecule has 5 rings (SSSR count). The lowest BCUT2D eigenvalue weighted by molar-refractivity contribution is 0.275. The van der Waals surface area contributed by atoms with E-state index in [0.29, 0.717) is 5.39 Å². The summed E-state index contributed by atoms with van der Waals surface area (Å²) in [6.45, 7) is 3.92. The lowest BCUT2D eigenvalue weighted by Gasteiger charge is -2.13. The van der Waals surface area contributed by atoms with E-state index in [1.165, 1.54) is 10.8 Å². The van der Waals surface area contributed by atoms with Gasteiger partial charge in [0.15, 0.2) is 0 Å². The molecule has 0 aromatic heterocycles. The molecule has 0 aliphatic carbocycles. The summed E-state index contributed by atoms with van der Waals surface area (Å²) >= 11 is 6.36. The van der Waals surface area contributed by atoms with E-state index in [1.807, 2.05) is 44.2 Å². The number of halogens is 1. The van der Waals surface area contributed by atoms with Crippen LogP contribution in [0.15, 0.2) is 77.7 Å². The highest BCUT2D eigenvalue weighted by atomic mass is 35.5. The van der Waals surface area contributed by atoms with Gasteiger partial charge in [-0.25, -0.2) is 0 Å². The van der Waals surface area contributed by atoms with Crippen molar-refractivity contribution in [3.8, 4) is 0 Å². The summed E-state index contributed by atoms with van der Waals surface area (Å²) in [4.78, 5) is 0.0350. The minimum atomic E-state index is -3.98. The SMILES string of the molecule is CC(C)COS(=O)(=O)c1c(Cl)ccc2cc3cc4cc5ccccc5cc4cc3cc12. The van der Waals surface area contributed by atoms with Crippen LogP contribution in [0.2, 0.25) is 5.02 Å². The molecule has 5 heteroatoms. The zero-order valence-electron chi connectivity index (χ0n) is 17.2. The van der Waals surface area contributed by atoms with Crippen molar-refractivity contribution in [3.63, 3.8) is 0 Å². The van der Waals surface area contributed by atoms with Crippen LogP contribution in [0.25, 0.3) is 43.1 Å². The van der Waals surface area contributed by atoms with Gasteiger partial charge in [0.05, 0.1) is 11.6 Å². The fourth-order valence-corrected chi connectivity index (χ4v) is 5.77. The Labute approximate surface area is 186 Å². The Morgan fingerprint density at radius 2 is 1.26 bits per heavy atom. The Kier molecular flexibility index (Phi) is 4.89. The maximum absolute atomic E-state index is 13.0. The van der Waals surface area contributed by atoms with E-state index in [9.17, 15) is 8.42 Å². The number of rotatable bonds is 4. The third kappa shape index (κ3) is 3.65. The first-order valence-corrected chi connectivity index (χ1v) is 12.0. The Bertz CT molecular complexity index is 1590. The summed E-state index contributed by atoms with van der Waals surface area (Å²) in [7, 11) is -3.98. The van der Waals surface area contributed by atoms with Crippen LogP contribution in [0.3, 0.4) is 0 Å². The van der Waals surface area contributed by atoms with Crippen LogP contribution in [-0.2, 0) is 14.3 Å². The zero-order chi connectivity index (χ0) is 21.8. The summed E-state index contributed by atoms with van der Waals surface area (Å²) in [5.41, 5.74) is 0. The van der Waals surface area contributed by atoms with Crippen LogP contribution in [0, 0.1) is 5.92 Å². The van der Waals surface area contributed by atoms with Gasteiger partial charge in [-0.05, 0) is 86.1 Å². The van der Waals surface area contributed by atoms with Crippen molar-refractivity contribution in [2.45, 2.75) is 18.7 Å². The molecule has 0 bridgehead atoms. The molecular weight excluding hydrogens is 428 g/mol. The maximum Gasteiger partial charge on any atom is 0.299 e. The van der Waals surface area contributed by atoms with Gasteiger partial charge in [-0.15, -0.1) is 0 Å². The highest BCUT2D eigenvalue weighted by Crippen LogP contribution is 2.36. The summed E-state index contributed by atoms with van der Waals surface area (Å²) in [5.74, 6) is 0.0885. The summed E-state index contributed by atoms with van der Waals surface area (Å²) < 4.78 is 31.2. The van der Waals surface area contributed by atoms with Crippen LogP contribution in [-0.4, -0.2) is 15.0 Å². The lowest BCUT2D eigenvalue weighted by atomic mass is 9.97. The number of hydrogen-bond donors (Lipinski definition) is 0. The Balaban J connectivity index is 1.77. The predicted octanol–water partition coefficient (Wildman–Crippen LogP) is 7.31. The van der Waals surface area contributed by atoms with Crippen molar-refractivity contribution in [3.05, 3.63) is 77.8 Å². The molecule has 0 amide bonds. The number of hydrogen-bond acceptors (Lipinski definition) is 3. The predicted molar refractivity (Wildman–Crippen MR) is 129 cm³/mol. The smallest absolute Gasteiger partial charge is 0.266 e. The van der Waals surface area contributed by atoms with E-state index in [0.717, 1.165) is 26.9 Å². The minimum Gasteiger partial charge on any atom is -0.266 e. The van der Waals surface area contributed by atoms with Gasteiger partial charge in [0, 0.05) is 5.39 Å². The van der Waals surface area contributed by atoms with E-state index in [-0.39, 0.29) is 22.4 Å². The molecule has 0 radical (unpaired) electrons. The largest absolute Gasteiger partial charge is 0.299 e. The summed E-state index contributed by atoms with van der Waals surface area (Å²) in [5, 5.41) is 8.17. The van der Waals surface area contributed by atoms with Crippen LogP contribution in [0.4, 0.5) is 0 Å². The van der Waals surface area contributed by atoms with Gasteiger partial charge in [0.2, 0.25) is 0 Å². The second-order valence-corrected chi connectivity index (χ2v) is 10.3. The van der Waals surface area contributed by atoms with Crippen molar-refractivity contribution >= 4 is 64.8 Å². The Morgan fingerprint density at radius 1 is 0.742 bits per heavy atom. The molecule has 5 aromatic rings. The fourth-order valence-electron chi connectivity index (χ4n) is 4.00. The highest BCUT2D eigenvalue weighted by Gasteiger charge is 2.23. The topological polar surface area (TPSA) is 43.4 Å². The molecule has 0 fully saturated rings. The first kappa shape index (κ1) is 20.3.